The smallest absolute Gasteiger partial charge is 0.319 e. The number of hydrogen-bond acceptors (Lipinski definition) is 5. The Labute approximate surface area is 170 Å². The topological polar surface area (TPSA) is 81.7 Å². The second-order valence-corrected chi connectivity index (χ2v) is 8.10. The second kappa shape index (κ2) is 7.91. The summed E-state index contributed by atoms with van der Waals surface area (Å²) >= 11 is 0. The SMILES string of the molecule is COc1ccc([C@@H]2OCC[C@H]2NC(=O)Nc2ccc3c(c2)CCC(C)(C)O3)cn1. The predicted octanol–water partition coefficient (Wildman–Crippen LogP) is 3.85. The van der Waals surface area contributed by atoms with Crippen LogP contribution in [0.5, 0.6) is 11.6 Å². The first-order valence-corrected chi connectivity index (χ1v) is 9.94. The summed E-state index contributed by atoms with van der Waals surface area (Å²) in [6, 6.07) is 9.13. The van der Waals surface area contributed by atoms with Gasteiger partial charge in [-0.1, -0.05) is 0 Å². The van der Waals surface area contributed by atoms with Crippen molar-refractivity contribution in [3.63, 3.8) is 0 Å². The van der Waals surface area contributed by atoms with Crippen molar-refractivity contribution in [3.8, 4) is 11.6 Å². The number of carbonyl (C=O) groups is 1. The molecule has 7 heteroatoms. The van der Waals surface area contributed by atoms with Crippen LogP contribution in [0.25, 0.3) is 0 Å². The molecular weight excluding hydrogens is 370 g/mol. The molecule has 0 spiro atoms. The first-order valence-electron chi connectivity index (χ1n) is 9.94. The monoisotopic (exact) mass is 397 g/mol. The number of aryl methyl sites for hydroxylation is 1. The van der Waals surface area contributed by atoms with Crippen LogP contribution in [0.2, 0.25) is 0 Å². The van der Waals surface area contributed by atoms with Crippen LogP contribution >= 0.6 is 0 Å². The molecule has 2 aromatic rings. The van der Waals surface area contributed by atoms with Crippen LogP contribution in [0.15, 0.2) is 36.5 Å². The number of anilines is 1. The van der Waals surface area contributed by atoms with Crippen LogP contribution in [0.4, 0.5) is 10.5 Å². The van der Waals surface area contributed by atoms with Crippen LogP contribution in [0, 0.1) is 0 Å². The normalized spacial score (nSPS) is 22.3. The first kappa shape index (κ1) is 19.5. The molecule has 2 amide bonds. The van der Waals surface area contributed by atoms with E-state index in [9.17, 15) is 4.79 Å². The summed E-state index contributed by atoms with van der Waals surface area (Å²) in [6.45, 7) is 4.77. The molecule has 2 N–H and O–H groups in total. The quantitative estimate of drug-likeness (QED) is 0.819. The third-order valence-electron chi connectivity index (χ3n) is 5.41. The molecule has 1 saturated heterocycles. The molecule has 1 aromatic heterocycles. The number of urea groups is 1. The maximum atomic E-state index is 12.6. The van der Waals surface area contributed by atoms with Gasteiger partial charge in [0.25, 0.3) is 0 Å². The Morgan fingerprint density at radius 3 is 2.90 bits per heavy atom. The first-order chi connectivity index (χ1) is 13.9. The Balaban J connectivity index is 1.39. The number of ether oxygens (including phenoxy) is 3. The van der Waals surface area contributed by atoms with Crippen molar-refractivity contribution < 1.29 is 19.0 Å². The number of amides is 2. The number of nitrogens with zero attached hydrogens (tertiary/aromatic N) is 1. The fourth-order valence-electron chi connectivity index (χ4n) is 3.82. The maximum Gasteiger partial charge on any atom is 0.319 e. The Bertz CT molecular complexity index is 882. The summed E-state index contributed by atoms with van der Waals surface area (Å²) in [7, 11) is 1.58. The molecule has 154 valence electrons. The van der Waals surface area contributed by atoms with Gasteiger partial charge in [-0.05, 0) is 62.9 Å². The Kier molecular flexibility index (Phi) is 5.32. The highest BCUT2D eigenvalue weighted by Crippen LogP contribution is 2.34. The third-order valence-corrected chi connectivity index (χ3v) is 5.41. The summed E-state index contributed by atoms with van der Waals surface area (Å²) < 4.78 is 16.9. The number of pyridine rings is 1. The summed E-state index contributed by atoms with van der Waals surface area (Å²) in [5.74, 6) is 1.44. The van der Waals surface area contributed by atoms with E-state index in [0.717, 1.165) is 41.8 Å². The highest BCUT2D eigenvalue weighted by molar-refractivity contribution is 5.89. The molecular formula is C22H27N3O4. The predicted molar refractivity (Wildman–Crippen MR) is 110 cm³/mol. The van der Waals surface area contributed by atoms with E-state index in [1.54, 1.807) is 19.4 Å². The fourth-order valence-corrected chi connectivity index (χ4v) is 3.82. The number of aromatic nitrogens is 1. The van der Waals surface area contributed by atoms with E-state index in [2.05, 4.69) is 29.5 Å². The van der Waals surface area contributed by atoms with Gasteiger partial charge in [0.15, 0.2) is 0 Å². The molecule has 0 radical (unpaired) electrons. The van der Waals surface area contributed by atoms with E-state index < -0.39 is 0 Å². The second-order valence-electron chi connectivity index (χ2n) is 8.10. The fraction of sp³-hybridized carbons (Fsp3) is 0.455. The van der Waals surface area contributed by atoms with Gasteiger partial charge in [-0.3, -0.25) is 0 Å². The zero-order valence-corrected chi connectivity index (χ0v) is 17.0. The molecule has 7 nitrogen and oxygen atoms in total. The van der Waals surface area contributed by atoms with Gasteiger partial charge in [-0.15, -0.1) is 0 Å². The standard InChI is InChI=1S/C22H27N3O4/c1-22(2)10-8-14-12-16(5-6-18(14)29-22)24-21(26)25-17-9-11-28-20(17)15-4-7-19(27-3)23-13-15/h4-7,12-13,17,20H,8-11H2,1-3H3,(H2,24,25,26)/t17-,20+/m1/s1. The average molecular weight is 397 g/mol. The lowest BCUT2D eigenvalue weighted by Crippen LogP contribution is -2.39. The summed E-state index contributed by atoms with van der Waals surface area (Å²) in [4.78, 5) is 16.8. The van der Waals surface area contributed by atoms with Crippen LogP contribution < -0.4 is 20.1 Å². The van der Waals surface area contributed by atoms with Crippen LogP contribution in [-0.2, 0) is 11.2 Å². The van der Waals surface area contributed by atoms with E-state index >= 15 is 0 Å². The number of hydrogen-bond donors (Lipinski definition) is 2. The van der Waals surface area contributed by atoms with Gasteiger partial charge in [-0.2, -0.15) is 0 Å². The van der Waals surface area contributed by atoms with Gasteiger partial charge in [0.05, 0.1) is 13.2 Å². The van der Waals surface area contributed by atoms with E-state index in [1.165, 1.54) is 0 Å². The van der Waals surface area contributed by atoms with Crippen LogP contribution in [-0.4, -0.2) is 36.4 Å². The minimum absolute atomic E-state index is 0.119. The number of rotatable bonds is 4. The molecule has 29 heavy (non-hydrogen) atoms. The number of nitrogens with one attached hydrogen (secondary N) is 2. The summed E-state index contributed by atoms with van der Waals surface area (Å²) in [5.41, 5.74) is 2.65. The van der Waals surface area contributed by atoms with E-state index in [1.807, 2.05) is 24.3 Å². The molecule has 3 heterocycles. The highest BCUT2D eigenvalue weighted by atomic mass is 16.5. The van der Waals surface area contributed by atoms with E-state index in [-0.39, 0.29) is 23.8 Å². The average Bonchev–Trinajstić information content (AvgIpc) is 3.15. The van der Waals surface area contributed by atoms with Crippen molar-refractivity contribution in [2.75, 3.05) is 19.0 Å². The van der Waals surface area contributed by atoms with Gasteiger partial charge >= 0.3 is 6.03 Å². The van der Waals surface area contributed by atoms with Crippen molar-refractivity contribution in [2.24, 2.45) is 0 Å². The highest BCUT2D eigenvalue weighted by Gasteiger charge is 2.31. The van der Waals surface area contributed by atoms with Gasteiger partial charge in [0.1, 0.15) is 17.5 Å². The van der Waals surface area contributed by atoms with Crippen molar-refractivity contribution >= 4 is 11.7 Å². The van der Waals surface area contributed by atoms with Crippen molar-refractivity contribution in [2.45, 2.75) is 50.9 Å². The molecule has 2 aliphatic heterocycles. The molecule has 0 saturated carbocycles. The van der Waals surface area contributed by atoms with Gasteiger partial charge in [0, 0.05) is 30.1 Å². The Hall–Kier alpha value is -2.80. The van der Waals surface area contributed by atoms with E-state index in [4.69, 9.17) is 14.2 Å². The molecule has 1 fully saturated rings. The van der Waals surface area contributed by atoms with Crippen LogP contribution in [0.3, 0.4) is 0 Å². The largest absolute Gasteiger partial charge is 0.488 e. The zero-order valence-electron chi connectivity index (χ0n) is 17.0. The molecule has 0 aliphatic carbocycles. The lowest BCUT2D eigenvalue weighted by molar-refractivity contribution is 0.0847. The lowest BCUT2D eigenvalue weighted by Gasteiger charge is -2.32. The minimum Gasteiger partial charge on any atom is -0.488 e. The third kappa shape index (κ3) is 4.45. The molecule has 4 rings (SSSR count). The molecule has 0 bridgehead atoms. The molecule has 2 aliphatic rings. The van der Waals surface area contributed by atoms with Crippen molar-refractivity contribution in [1.29, 1.82) is 0 Å². The number of benzene rings is 1. The summed E-state index contributed by atoms with van der Waals surface area (Å²) in [6.07, 6.45) is 4.14. The zero-order chi connectivity index (χ0) is 20.4. The summed E-state index contributed by atoms with van der Waals surface area (Å²) in [5, 5.41) is 5.97. The number of fused-ring (bicyclic) bond motifs is 1. The van der Waals surface area contributed by atoms with E-state index in [0.29, 0.717) is 12.5 Å². The Morgan fingerprint density at radius 2 is 2.14 bits per heavy atom. The molecule has 0 unspecified atom stereocenters. The maximum absolute atomic E-state index is 12.6. The van der Waals surface area contributed by atoms with Crippen LogP contribution in [0.1, 0.15) is 43.9 Å². The van der Waals surface area contributed by atoms with Crippen molar-refractivity contribution in [3.05, 3.63) is 47.7 Å². The lowest BCUT2D eigenvalue weighted by atomic mass is 9.94. The number of methoxy groups -OCH3 is 1. The van der Waals surface area contributed by atoms with Gasteiger partial charge in [0.2, 0.25) is 5.88 Å². The number of carbonyl (C=O) groups excluding carboxylic acids is 1. The molecule has 2 atom stereocenters. The Morgan fingerprint density at radius 1 is 1.28 bits per heavy atom. The minimum atomic E-state index is -0.246. The van der Waals surface area contributed by atoms with Gasteiger partial charge in [-0.25, -0.2) is 9.78 Å². The van der Waals surface area contributed by atoms with Crippen molar-refractivity contribution in [1.82, 2.24) is 10.3 Å². The van der Waals surface area contributed by atoms with Gasteiger partial charge < -0.3 is 24.8 Å². The molecule has 1 aromatic carbocycles.